The Kier molecular flexibility index (Phi) is 23.9. The summed E-state index contributed by atoms with van der Waals surface area (Å²) in [6.45, 7) is 6.14. The third-order valence-electron chi connectivity index (χ3n) is 6.22. The van der Waals surface area contributed by atoms with Crippen molar-refractivity contribution in [3.05, 3.63) is 35.9 Å². The van der Waals surface area contributed by atoms with Gasteiger partial charge in [0, 0.05) is 6.61 Å². The molecular formula is C30H54O5. The van der Waals surface area contributed by atoms with Gasteiger partial charge in [0.2, 0.25) is 0 Å². The third kappa shape index (κ3) is 22.0. The van der Waals surface area contributed by atoms with Crippen LogP contribution >= 0.6 is 0 Å². The molecule has 0 spiro atoms. The molecule has 0 fully saturated rings. The molecule has 1 N–H and O–H groups in total. The SMILES string of the molecule is CCCCCCCCCCCCCCCCOCCOCCOCC(CO)OCc1ccccc1. The largest absolute Gasteiger partial charge is 0.394 e. The van der Waals surface area contributed by atoms with Crippen LogP contribution in [0.5, 0.6) is 0 Å². The molecule has 0 aliphatic carbocycles. The van der Waals surface area contributed by atoms with Gasteiger partial charge in [-0.25, -0.2) is 0 Å². The van der Waals surface area contributed by atoms with E-state index >= 15 is 0 Å². The van der Waals surface area contributed by atoms with E-state index in [0.717, 1.165) is 18.6 Å². The molecule has 1 aromatic carbocycles. The second-order valence-corrected chi connectivity index (χ2v) is 9.50. The van der Waals surface area contributed by atoms with E-state index in [1.807, 2.05) is 30.3 Å². The van der Waals surface area contributed by atoms with E-state index in [1.54, 1.807) is 0 Å². The predicted octanol–water partition coefficient (Wildman–Crippen LogP) is 7.10. The average Bonchev–Trinajstić information content (AvgIpc) is 2.89. The van der Waals surface area contributed by atoms with Crippen LogP contribution < -0.4 is 0 Å². The molecule has 35 heavy (non-hydrogen) atoms. The Hall–Kier alpha value is -0.980. The minimum Gasteiger partial charge on any atom is -0.394 e. The van der Waals surface area contributed by atoms with E-state index in [1.165, 1.54) is 83.5 Å². The van der Waals surface area contributed by atoms with E-state index in [4.69, 9.17) is 18.9 Å². The second kappa shape index (κ2) is 26.1. The smallest absolute Gasteiger partial charge is 0.104 e. The highest BCUT2D eigenvalue weighted by Crippen LogP contribution is 2.13. The maximum Gasteiger partial charge on any atom is 0.104 e. The minimum atomic E-state index is -0.316. The van der Waals surface area contributed by atoms with Crippen molar-refractivity contribution in [3.63, 3.8) is 0 Å². The Morgan fingerprint density at radius 2 is 1.09 bits per heavy atom. The molecule has 0 heterocycles. The zero-order valence-corrected chi connectivity index (χ0v) is 22.6. The molecule has 0 radical (unpaired) electrons. The second-order valence-electron chi connectivity index (χ2n) is 9.50. The fourth-order valence-corrected chi connectivity index (χ4v) is 4.00. The molecule has 1 rings (SSSR count). The monoisotopic (exact) mass is 494 g/mol. The van der Waals surface area contributed by atoms with E-state index in [-0.39, 0.29) is 12.7 Å². The molecule has 5 nitrogen and oxygen atoms in total. The van der Waals surface area contributed by atoms with Crippen LogP contribution in [0.15, 0.2) is 30.3 Å². The molecule has 1 aromatic rings. The molecule has 0 aliphatic heterocycles. The van der Waals surface area contributed by atoms with Crippen LogP contribution in [0.1, 0.15) is 102 Å². The first-order valence-electron chi connectivity index (χ1n) is 14.4. The van der Waals surface area contributed by atoms with Crippen molar-refractivity contribution in [2.75, 3.05) is 46.2 Å². The number of benzene rings is 1. The number of unbranched alkanes of at least 4 members (excludes halogenated alkanes) is 13. The van der Waals surface area contributed by atoms with E-state index in [2.05, 4.69) is 6.92 Å². The quantitative estimate of drug-likeness (QED) is 0.132. The lowest BCUT2D eigenvalue weighted by Crippen LogP contribution is -2.25. The lowest BCUT2D eigenvalue weighted by molar-refractivity contribution is -0.0607. The lowest BCUT2D eigenvalue weighted by atomic mass is 10.0. The van der Waals surface area contributed by atoms with Gasteiger partial charge < -0.3 is 24.1 Å². The van der Waals surface area contributed by atoms with Crippen molar-refractivity contribution >= 4 is 0 Å². The van der Waals surface area contributed by atoms with Gasteiger partial charge in [-0.3, -0.25) is 0 Å². The predicted molar refractivity (Wildman–Crippen MR) is 145 cm³/mol. The van der Waals surface area contributed by atoms with Crippen molar-refractivity contribution in [3.8, 4) is 0 Å². The van der Waals surface area contributed by atoms with Gasteiger partial charge in [0.05, 0.1) is 46.2 Å². The summed E-state index contributed by atoms with van der Waals surface area (Å²) in [5.74, 6) is 0. The van der Waals surface area contributed by atoms with Gasteiger partial charge >= 0.3 is 0 Å². The first kappa shape index (κ1) is 32.0. The van der Waals surface area contributed by atoms with Gasteiger partial charge in [0.25, 0.3) is 0 Å². The molecule has 0 bridgehead atoms. The van der Waals surface area contributed by atoms with Gasteiger partial charge in [-0.2, -0.15) is 0 Å². The molecular weight excluding hydrogens is 440 g/mol. The number of ether oxygens (including phenoxy) is 4. The highest BCUT2D eigenvalue weighted by molar-refractivity contribution is 5.13. The summed E-state index contributed by atoms with van der Waals surface area (Å²) < 4.78 is 22.5. The molecule has 0 saturated heterocycles. The third-order valence-corrected chi connectivity index (χ3v) is 6.22. The Labute approximate surface area is 215 Å². The highest BCUT2D eigenvalue weighted by atomic mass is 16.6. The Morgan fingerprint density at radius 3 is 1.63 bits per heavy atom. The number of hydrogen-bond acceptors (Lipinski definition) is 5. The zero-order valence-electron chi connectivity index (χ0n) is 22.6. The summed E-state index contributed by atoms with van der Waals surface area (Å²) >= 11 is 0. The summed E-state index contributed by atoms with van der Waals surface area (Å²) in [4.78, 5) is 0. The number of hydrogen-bond donors (Lipinski definition) is 1. The fraction of sp³-hybridized carbons (Fsp3) is 0.800. The van der Waals surface area contributed by atoms with Crippen LogP contribution in [0.2, 0.25) is 0 Å². The molecule has 5 heteroatoms. The van der Waals surface area contributed by atoms with Crippen LogP contribution in [-0.2, 0) is 25.6 Å². The summed E-state index contributed by atoms with van der Waals surface area (Å²) in [5, 5.41) is 9.42. The first-order valence-corrected chi connectivity index (χ1v) is 14.4. The maximum atomic E-state index is 9.42. The van der Waals surface area contributed by atoms with Gasteiger partial charge in [-0.1, -0.05) is 121 Å². The number of aliphatic hydroxyl groups excluding tert-OH is 1. The molecule has 0 saturated carbocycles. The van der Waals surface area contributed by atoms with E-state index in [9.17, 15) is 5.11 Å². The standard InChI is InChI=1S/C30H54O5/c1-2-3-4-5-6-7-8-9-10-11-12-13-14-18-21-32-22-23-33-24-25-34-28-30(26-31)35-27-29-19-16-15-17-20-29/h15-17,19-20,30-31H,2-14,18,21-28H2,1H3. The van der Waals surface area contributed by atoms with Crippen molar-refractivity contribution < 1.29 is 24.1 Å². The Bertz CT molecular complexity index is 525. The van der Waals surface area contributed by atoms with E-state index in [0.29, 0.717) is 39.6 Å². The molecule has 0 aromatic heterocycles. The topological polar surface area (TPSA) is 57.2 Å². The summed E-state index contributed by atoms with van der Waals surface area (Å²) in [5.41, 5.74) is 1.09. The van der Waals surface area contributed by atoms with Gasteiger partial charge in [-0.05, 0) is 12.0 Å². The Morgan fingerprint density at radius 1 is 0.600 bits per heavy atom. The van der Waals surface area contributed by atoms with Crippen LogP contribution in [0.3, 0.4) is 0 Å². The summed E-state index contributed by atoms with van der Waals surface area (Å²) in [7, 11) is 0. The van der Waals surface area contributed by atoms with E-state index < -0.39 is 0 Å². The zero-order chi connectivity index (χ0) is 25.1. The molecule has 204 valence electrons. The van der Waals surface area contributed by atoms with Crippen LogP contribution in [0.4, 0.5) is 0 Å². The first-order chi connectivity index (χ1) is 17.4. The van der Waals surface area contributed by atoms with Crippen molar-refractivity contribution in [1.82, 2.24) is 0 Å². The minimum absolute atomic E-state index is 0.0548. The van der Waals surface area contributed by atoms with Gasteiger partial charge in [0.15, 0.2) is 0 Å². The van der Waals surface area contributed by atoms with Gasteiger partial charge in [0.1, 0.15) is 6.10 Å². The fourth-order valence-electron chi connectivity index (χ4n) is 4.00. The van der Waals surface area contributed by atoms with Crippen molar-refractivity contribution in [2.45, 2.75) is 110 Å². The molecule has 1 unspecified atom stereocenters. The molecule has 1 atom stereocenters. The molecule has 0 amide bonds. The van der Waals surface area contributed by atoms with Crippen molar-refractivity contribution in [1.29, 1.82) is 0 Å². The van der Waals surface area contributed by atoms with Gasteiger partial charge in [-0.15, -0.1) is 0 Å². The average molecular weight is 495 g/mol. The van der Waals surface area contributed by atoms with Crippen molar-refractivity contribution in [2.24, 2.45) is 0 Å². The Balaban J connectivity index is 1.73. The normalized spacial score (nSPS) is 12.3. The summed E-state index contributed by atoms with van der Waals surface area (Å²) in [6.07, 6.45) is 19.0. The lowest BCUT2D eigenvalue weighted by Gasteiger charge is -2.16. The number of rotatable bonds is 27. The molecule has 0 aliphatic rings. The van der Waals surface area contributed by atoms with Crippen LogP contribution in [0, 0.1) is 0 Å². The summed E-state index contributed by atoms with van der Waals surface area (Å²) in [6, 6.07) is 9.94. The maximum absolute atomic E-state index is 9.42. The number of aliphatic hydroxyl groups is 1. The highest BCUT2D eigenvalue weighted by Gasteiger charge is 2.08. The van der Waals surface area contributed by atoms with Crippen LogP contribution in [0.25, 0.3) is 0 Å². The van der Waals surface area contributed by atoms with Crippen LogP contribution in [-0.4, -0.2) is 57.5 Å².